The van der Waals surface area contributed by atoms with Crippen LogP contribution in [0.2, 0.25) is 0 Å². The van der Waals surface area contributed by atoms with E-state index in [1.807, 2.05) is 19.3 Å². The molecule has 1 aromatic heterocycles. The topological polar surface area (TPSA) is 35.0 Å². The molecule has 0 N–H and O–H groups in total. The molecule has 2 rings (SSSR count). The first-order chi connectivity index (χ1) is 7.25. The summed E-state index contributed by atoms with van der Waals surface area (Å²) in [5.74, 6) is 0.812. The maximum absolute atomic E-state index is 5.96. The molecule has 3 heteroatoms. The van der Waals surface area contributed by atoms with Gasteiger partial charge in [0.1, 0.15) is 5.82 Å². The molecule has 1 unspecified atom stereocenters. The Morgan fingerprint density at radius 2 is 1.87 bits per heavy atom. The molecule has 0 bridgehead atoms. The van der Waals surface area contributed by atoms with Gasteiger partial charge in [-0.25, -0.2) is 9.97 Å². The Kier molecular flexibility index (Phi) is 3.31. The van der Waals surface area contributed by atoms with Gasteiger partial charge in [-0.15, -0.1) is 0 Å². The third kappa shape index (κ3) is 2.75. The molecule has 1 aromatic rings. The van der Waals surface area contributed by atoms with Crippen molar-refractivity contribution in [3.05, 3.63) is 23.8 Å². The number of hydrogen-bond donors (Lipinski definition) is 0. The summed E-state index contributed by atoms with van der Waals surface area (Å²) in [4.78, 5) is 8.37. The van der Waals surface area contributed by atoms with Crippen molar-refractivity contribution in [2.45, 2.75) is 51.7 Å². The van der Waals surface area contributed by atoms with Crippen molar-refractivity contribution in [1.82, 2.24) is 9.97 Å². The molecule has 0 spiro atoms. The van der Waals surface area contributed by atoms with Crippen LogP contribution in [0.25, 0.3) is 0 Å². The number of aromatic nitrogens is 2. The SMILES string of the molecule is Cc1ncc(C(C)OC2CCCC2)cn1. The number of rotatable bonds is 3. The van der Waals surface area contributed by atoms with Gasteiger partial charge in [0, 0.05) is 18.0 Å². The van der Waals surface area contributed by atoms with E-state index < -0.39 is 0 Å². The predicted octanol–water partition coefficient (Wildman–Crippen LogP) is 2.81. The van der Waals surface area contributed by atoms with Crippen LogP contribution in [-0.4, -0.2) is 16.1 Å². The van der Waals surface area contributed by atoms with Gasteiger partial charge in [-0.3, -0.25) is 0 Å². The van der Waals surface area contributed by atoms with E-state index in [4.69, 9.17) is 4.74 Å². The quantitative estimate of drug-likeness (QED) is 0.762. The molecule has 0 aliphatic heterocycles. The zero-order valence-corrected chi connectivity index (χ0v) is 9.44. The fraction of sp³-hybridized carbons (Fsp3) is 0.667. The van der Waals surface area contributed by atoms with Crippen LogP contribution >= 0.6 is 0 Å². The second-order valence-electron chi connectivity index (χ2n) is 4.25. The molecule has 0 saturated heterocycles. The summed E-state index contributed by atoms with van der Waals surface area (Å²) in [5, 5.41) is 0. The highest BCUT2D eigenvalue weighted by Gasteiger charge is 2.19. The molecule has 3 nitrogen and oxygen atoms in total. The van der Waals surface area contributed by atoms with Gasteiger partial charge >= 0.3 is 0 Å². The molecule has 1 saturated carbocycles. The van der Waals surface area contributed by atoms with Crippen LogP contribution in [0.15, 0.2) is 12.4 Å². The smallest absolute Gasteiger partial charge is 0.125 e. The third-order valence-electron chi connectivity index (χ3n) is 2.97. The van der Waals surface area contributed by atoms with Crippen molar-refractivity contribution in [1.29, 1.82) is 0 Å². The van der Waals surface area contributed by atoms with Gasteiger partial charge in [-0.2, -0.15) is 0 Å². The van der Waals surface area contributed by atoms with Gasteiger partial charge in [0.15, 0.2) is 0 Å². The Balaban J connectivity index is 1.94. The lowest BCUT2D eigenvalue weighted by atomic mass is 10.2. The number of ether oxygens (including phenoxy) is 1. The first kappa shape index (κ1) is 10.6. The van der Waals surface area contributed by atoms with Crippen molar-refractivity contribution in [2.75, 3.05) is 0 Å². The lowest BCUT2D eigenvalue weighted by molar-refractivity contribution is 0.000666. The maximum Gasteiger partial charge on any atom is 0.125 e. The molecule has 82 valence electrons. The average molecular weight is 206 g/mol. The Hall–Kier alpha value is -0.960. The lowest BCUT2D eigenvalue weighted by Gasteiger charge is -2.18. The summed E-state index contributed by atoms with van der Waals surface area (Å²) in [5.41, 5.74) is 1.08. The zero-order valence-electron chi connectivity index (χ0n) is 9.44. The van der Waals surface area contributed by atoms with Crippen molar-refractivity contribution in [2.24, 2.45) is 0 Å². The van der Waals surface area contributed by atoms with Crippen LogP contribution in [0.3, 0.4) is 0 Å². The molecule has 1 heterocycles. The average Bonchev–Trinajstić information content (AvgIpc) is 2.71. The molecule has 15 heavy (non-hydrogen) atoms. The Morgan fingerprint density at radius 3 is 2.47 bits per heavy atom. The van der Waals surface area contributed by atoms with E-state index in [9.17, 15) is 0 Å². The van der Waals surface area contributed by atoms with Gasteiger partial charge < -0.3 is 4.74 Å². The predicted molar refractivity (Wildman–Crippen MR) is 58.5 cm³/mol. The largest absolute Gasteiger partial charge is 0.370 e. The standard InChI is InChI=1S/C12H18N2O/c1-9(15-12-5-3-4-6-12)11-7-13-10(2)14-8-11/h7-9,12H,3-6H2,1-2H3. The molecule has 0 radical (unpaired) electrons. The molecule has 1 aliphatic carbocycles. The normalized spacial score (nSPS) is 19.3. The zero-order chi connectivity index (χ0) is 10.7. The summed E-state index contributed by atoms with van der Waals surface area (Å²) in [7, 11) is 0. The van der Waals surface area contributed by atoms with Crippen LogP contribution < -0.4 is 0 Å². The van der Waals surface area contributed by atoms with Crippen LogP contribution in [-0.2, 0) is 4.74 Å². The Morgan fingerprint density at radius 1 is 1.27 bits per heavy atom. The second-order valence-corrected chi connectivity index (χ2v) is 4.25. The second kappa shape index (κ2) is 4.71. The Bertz CT molecular complexity index is 304. The molecule has 1 fully saturated rings. The van der Waals surface area contributed by atoms with E-state index >= 15 is 0 Å². The van der Waals surface area contributed by atoms with E-state index in [1.165, 1.54) is 25.7 Å². The van der Waals surface area contributed by atoms with Gasteiger partial charge in [-0.1, -0.05) is 12.8 Å². The highest BCUT2D eigenvalue weighted by Crippen LogP contribution is 2.26. The summed E-state index contributed by atoms with van der Waals surface area (Å²) < 4.78 is 5.96. The van der Waals surface area contributed by atoms with Gasteiger partial charge in [0.2, 0.25) is 0 Å². The summed E-state index contributed by atoms with van der Waals surface area (Å²) in [6.07, 6.45) is 9.32. The Labute approximate surface area is 90.9 Å². The van der Waals surface area contributed by atoms with Crippen LogP contribution in [0, 0.1) is 6.92 Å². The van der Waals surface area contributed by atoms with Crippen molar-refractivity contribution >= 4 is 0 Å². The summed E-state index contributed by atoms with van der Waals surface area (Å²) >= 11 is 0. The highest BCUT2D eigenvalue weighted by molar-refractivity contribution is 5.07. The van der Waals surface area contributed by atoms with Gasteiger partial charge in [0.05, 0.1) is 12.2 Å². The van der Waals surface area contributed by atoms with Gasteiger partial charge in [-0.05, 0) is 26.7 Å². The van der Waals surface area contributed by atoms with E-state index in [0.717, 1.165) is 11.4 Å². The molecular weight excluding hydrogens is 188 g/mol. The number of nitrogens with zero attached hydrogens (tertiary/aromatic N) is 2. The minimum atomic E-state index is 0.119. The maximum atomic E-state index is 5.96. The van der Waals surface area contributed by atoms with Crippen LogP contribution in [0.5, 0.6) is 0 Å². The van der Waals surface area contributed by atoms with E-state index in [1.54, 1.807) is 0 Å². The fourth-order valence-electron chi connectivity index (χ4n) is 2.00. The monoisotopic (exact) mass is 206 g/mol. The van der Waals surface area contributed by atoms with Crippen molar-refractivity contribution in [3.63, 3.8) is 0 Å². The van der Waals surface area contributed by atoms with E-state index in [2.05, 4.69) is 16.9 Å². The van der Waals surface area contributed by atoms with Crippen LogP contribution in [0.1, 0.15) is 50.1 Å². The van der Waals surface area contributed by atoms with E-state index in [-0.39, 0.29) is 6.10 Å². The van der Waals surface area contributed by atoms with E-state index in [0.29, 0.717) is 6.10 Å². The lowest BCUT2D eigenvalue weighted by Crippen LogP contribution is -2.11. The van der Waals surface area contributed by atoms with Crippen LogP contribution in [0.4, 0.5) is 0 Å². The summed E-state index contributed by atoms with van der Waals surface area (Å²) in [6, 6.07) is 0. The molecule has 1 atom stereocenters. The first-order valence-corrected chi connectivity index (χ1v) is 5.69. The van der Waals surface area contributed by atoms with Crippen molar-refractivity contribution in [3.8, 4) is 0 Å². The third-order valence-corrected chi connectivity index (χ3v) is 2.97. The minimum Gasteiger partial charge on any atom is -0.370 e. The number of aryl methyl sites for hydroxylation is 1. The minimum absolute atomic E-state index is 0.119. The fourth-order valence-corrected chi connectivity index (χ4v) is 2.00. The molecule has 1 aliphatic rings. The van der Waals surface area contributed by atoms with Crippen molar-refractivity contribution < 1.29 is 4.74 Å². The molecule has 0 aromatic carbocycles. The van der Waals surface area contributed by atoms with Gasteiger partial charge in [0.25, 0.3) is 0 Å². The number of hydrogen-bond acceptors (Lipinski definition) is 3. The highest BCUT2D eigenvalue weighted by atomic mass is 16.5. The summed E-state index contributed by atoms with van der Waals surface area (Å²) in [6.45, 7) is 3.97. The molecule has 0 amide bonds. The molecular formula is C12H18N2O. The first-order valence-electron chi connectivity index (χ1n) is 5.69.